The summed E-state index contributed by atoms with van der Waals surface area (Å²) in [5, 5.41) is 35.0. The summed E-state index contributed by atoms with van der Waals surface area (Å²) in [5.74, 6) is -0.986. The number of piperidine rings is 1. The van der Waals surface area contributed by atoms with Gasteiger partial charge in [0, 0.05) is 18.4 Å². The second-order valence-corrected chi connectivity index (χ2v) is 12.9. The van der Waals surface area contributed by atoms with Crippen molar-refractivity contribution in [2.24, 2.45) is 11.8 Å². The predicted octanol–water partition coefficient (Wildman–Crippen LogP) is 3.64. The standard InChI is InChI=1S/C33H54N2O8/c1-22(29(38)31-25(4)41-31)11-9-12-23(2)30-24(3)13-14-27(33(5,40)16-15-26(36)21-28(37)43-30)42-32(39)34-17-10-20-35-18-7-6-8-19-35/h9,11-14,22,24-27,29-31,36,38,40H,6-8,10,15-21H2,1-5H3,(H,34,39)/b11-9+,14-13+,23-12+. The lowest BCUT2D eigenvalue weighted by molar-refractivity contribution is -0.151. The van der Waals surface area contributed by atoms with Gasteiger partial charge in [-0.1, -0.05) is 44.6 Å². The fourth-order valence-corrected chi connectivity index (χ4v) is 5.74. The molecular weight excluding hydrogens is 552 g/mol. The number of hydrogen-bond donors (Lipinski definition) is 4. The number of nitrogens with one attached hydrogen (secondary N) is 1. The highest BCUT2D eigenvalue weighted by atomic mass is 16.6. The second-order valence-electron chi connectivity index (χ2n) is 12.9. The van der Waals surface area contributed by atoms with E-state index in [2.05, 4.69) is 10.2 Å². The minimum atomic E-state index is -1.46. The summed E-state index contributed by atoms with van der Waals surface area (Å²) in [6, 6.07) is 0. The van der Waals surface area contributed by atoms with E-state index in [9.17, 15) is 24.9 Å². The molecule has 10 heteroatoms. The molecule has 0 aromatic carbocycles. The van der Waals surface area contributed by atoms with Crippen molar-refractivity contribution < 1.29 is 39.1 Å². The zero-order chi connectivity index (χ0) is 31.6. The van der Waals surface area contributed by atoms with Crippen LogP contribution in [-0.4, -0.2) is 101 Å². The van der Waals surface area contributed by atoms with Gasteiger partial charge < -0.3 is 39.7 Å². The Hall–Kier alpha value is -2.24. The van der Waals surface area contributed by atoms with Crippen molar-refractivity contribution in [2.75, 3.05) is 26.2 Å². The van der Waals surface area contributed by atoms with Crippen molar-refractivity contribution in [3.8, 4) is 0 Å². The lowest BCUT2D eigenvalue weighted by Crippen LogP contribution is -2.44. The highest BCUT2D eigenvalue weighted by molar-refractivity contribution is 5.70. The Labute approximate surface area is 257 Å². The molecule has 0 radical (unpaired) electrons. The molecule has 3 aliphatic heterocycles. The van der Waals surface area contributed by atoms with Gasteiger partial charge >= 0.3 is 12.1 Å². The van der Waals surface area contributed by atoms with E-state index in [1.165, 1.54) is 19.3 Å². The number of carbonyl (C=O) groups is 2. The Morgan fingerprint density at radius 3 is 2.63 bits per heavy atom. The van der Waals surface area contributed by atoms with Crippen LogP contribution in [0.15, 0.2) is 36.0 Å². The maximum Gasteiger partial charge on any atom is 0.407 e. The maximum absolute atomic E-state index is 12.7. The van der Waals surface area contributed by atoms with Gasteiger partial charge in [-0.3, -0.25) is 4.79 Å². The third-order valence-corrected chi connectivity index (χ3v) is 8.78. The molecule has 3 heterocycles. The lowest BCUT2D eigenvalue weighted by Gasteiger charge is -2.32. The third kappa shape index (κ3) is 11.6. The Balaban J connectivity index is 1.67. The average Bonchev–Trinajstić information content (AvgIpc) is 3.70. The topological polar surface area (TPSA) is 141 Å². The number of epoxide rings is 1. The second kappa shape index (κ2) is 16.7. The van der Waals surface area contributed by atoms with E-state index < -0.39 is 42.1 Å². The van der Waals surface area contributed by atoms with Gasteiger partial charge in [-0.25, -0.2) is 4.79 Å². The number of amides is 1. The van der Waals surface area contributed by atoms with Gasteiger partial charge in [0.2, 0.25) is 0 Å². The molecule has 3 aliphatic rings. The van der Waals surface area contributed by atoms with Crippen LogP contribution in [0, 0.1) is 11.8 Å². The molecule has 43 heavy (non-hydrogen) atoms. The van der Waals surface area contributed by atoms with E-state index in [4.69, 9.17) is 14.2 Å². The number of rotatable bonds is 10. The molecule has 0 spiro atoms. The molecule has 3 rings (SSSR count). The van der Waals surface area contributed by atoms with Crippen molar-refractivity contribution in [3.63, 3.8) is 0 Å². The predicted molar refractivity (Wildman–Crippen MR) is 164 cm³/mol. The number of aliphatic hydroxyl groups excluding tert-OH is 2. The monoisotopic (exact) mass is 606 g/mol. The van der Waals surface area contributed by atoms with E-state index in [0.29, 0.717) is 6.54 Å². The first-order valence-corrected chi connectivity index (χ1v) is 16.0. The molecule has 2 fully saturated rings. The smallest absolute Gasteiger partial charge is 0.407 e. The van der Waals surface area contributed by atoms with Crippen LogP contribution < -0.4 is 5.32 Å². The molecule has 1 amide bonds. The lowest BCUT2D eigenvalue weighted by atomic mass is 9.88. The van der Waals surface area contributed by atoms with Crippen molar-refractivity contribution >= 4 is 12.1 Å². The molecule has 0 bridgehead atoms. The van der Waals surface area contributed by atoms with Crippen LogP contribution >= 0.6 is 0 Å². The summed E-state index contributed by atoms with van der Waals surface area (Å²) in [6.45, 7) is 12.7. The number of ether oxygens (including phenoxy) is 3. The Morgan fingerprint density at radius 1 is 1.26 bits per heavy atom. The van der Waals surface area contributed by atoms with Gasteiger partial charge in [-0.05, 0) is 84.2 Å². The van der Waals surface area contributed by atoms with Crippen molar-refractivity contribution in [1.29, 1.82) is 0 Å². The van der Waals surface area contributed by atoms with E-state index in [1.807, 2.05) is 45.9 Å². The summed E-state index contributed by atoms with van der Waals surface area (Å²) in [6.07, 6.45) is 9.63. The van der Waals surface area contributed by atoms with Crippen LogP contribution in [0.2, 0.25) is 0 Å². The van der Waals surface area contributed by atoms with Gasteiger partial charge in [0.1, 0.15) is 17.8 Å². The van der Waals surface area contributed by atoms with E-state index >= 15 is 0 Å². The van der Waals surface area contributed by atoms with E-state index in [0.717, 1.165) is 31.6 Å². The molecule has 0 aromatic heterocycles. The number of carbonyl (C=O) groups excluding carboxylic acids is 2. The quantitative estimate of drug-likeness (QED) is 0.0964. The molecular formula is C33H54N2O8. The van der Waals surface area contributed by atoms with Crippen LogP contribution in [0.5, 0.6) is 0 Å². The van der Waals surface area contributed by atoms with Crippen LogP contribution in [0.25, 0.3) is 0 Å². The summed E-state index contributed by atoms with van der Waals surface area (Å²) < 4.78 is 16.9. The highest BCUT2D eigenvalue weighted by Crippen LogP contribution is 2.29. The van der Waals surface area contributed by atoms with Gasteiger partial charge in [0.25, 0.3) is 0 Å². The number of alkyl carbamates (subject to hydrolysis) is 1. The maximum atomic E-state index is 12.7. The number of nitrogens with zero attached hydrogens (tertiary/aromatic N) is 1. The van der Waals surface area contributed by atoms with E-state index in [1.54, 1.807) is 19.1 Å². The van der Waals surface area contributed by atoms with Crippen LogP contribution in [-0.2, 0) is 19.0 Å². The van der Waals surface area contributed by atoms with Gasteiger partial charge in [-0.2, -0.15) is 0 Å². The zero-order valence-corrected chi connectivity index (χ0v) is 26.6. The molecule has 9 unspecified atom stereocenters. The van der Waals surface area contributed by atoms with Crippen LogP contribution in [0.1, 0.15) is 79.6 Å². The number of cyclic esters (lactones) is 1. The van der Waals surface area contributed by atoms with Crippen molar-refractivity contribution in [1.82, 2.24) is 10.2 Å². The summed E-state index contributed by atoms with van der Waals surface area (Å²) in [5.41, 5.74) is -0.699. The molecule has 9 atom stereocenters. The van der Waals surface area contributed by atoms with Gasteiger partial charge in [0.05, 0.1) is 24.7 Å². The largest absolute Gasteiger partial charge is 0.457 e. The number of aliphatic hydroxyl groups is 3. The number of likely N-dealkylation sites (tertiary alicyclic amines) is 1. The van der Waals surface area contributed by atoms with Gasteiger partial charge in [-0.15, -0.1) is 0 Å². The molecule has 0 aromatic rings. The molecule has 10 nitrogen and oxygen atoms in total. The summed E-state index contributed by atoms with van der Waals surface area (Å²) >= 11 is 0. The molecule has 0 aliphatic carbocycles. The van der Waals surface area contributed by atoms with Crippen molar-refractivity contribution in [3.05, 3.63) is 36.0 Å². The fourth-order valence-electron chi connectivity index (χ4n) is 5.74. The normalized spacial score (nSPS) is 35.3. The highest BCUT2D eigenvalue weighted by Gasteiger charge is 2.42. The number of allylic oxidation sites excluding steroid dienone is 2. The molecule has 0 saturated carbocycles. The minimum Gasteiger partial charge on any atom is -0.457 e. The zero-order valence-electron chi connectivity index (χ0n) is 26.6. The Morgan fingerprint density at radius 2 is 1.95 bits per heavy atom. The number of esters is 1. The first-order valence-electron chi connectivity index (χ1n) is 16.0. The third-order valence-electron chi connectivity index (χ3n) is 8.78. The molecule has 4 N–H and O–H groups in total. The van der Waals surface area contributed by atoms with Crippen molar-refractivity contribution in [2.45, 2.75) is 122 Å². The summed E-state index contributed by atoms with van der Waals surface area (Å²) in [7, 11) is 0. The SMILES string of the molecule is C/C(=C\C=C\C(C)C(O)C1OC1C)C1OC(=O)CC(O)CCC(C)(O)C(OC(=O)NCCCN2CCCCC2)/C=C/C1C. The van der Waals surface area contributed by atoms with Gasteiger partial charge in [0.15, 0.2) is 6.10 Å². The molecule has 2 saturated heterocycles. The Kier molecular flexibility index (Phi) is 13.7. The summed E-state index contributed by atoms with van der Waals surface area (Å²) in [4.78, 5) is 27.8. The van der Waals surface area contributed by atoms with Crippen LogP contribution in [0.3, 0.4) is 0 Å². The van der Waals surface area contributed by atoms with Crippen LogP contribution in [0.4, 0.5) is 4.79 Å². The molecule has 244 valence electrons. The first-order chi connectivity index (χ1) is 20.4. The number of hydrogen-bond acceptors (Lipinski definition) is 9. The average molecular weight is 607 g/mol. The Bertz CT molecular complexity index is 989. The minimum absolute atomic E-state index is 0.0610. The van der Waals surface area contributed by atoms with E-state index in [-0.39, 0.29) is 43.3 Å². The fraction of sp³-hybridized carbons (Fsp3) is 0.758. The first kappa shape index (κ1) is 35.2.